The standard InChI is InChI=1S/C18H27N3O5/c1-23-12-13-26-18(19-6-7-21-8-10-25-11-9-21)20-17(22)15-4-3-5-16(14-15)24-2/h3-5,14H,6-13H2,1-2H3,(H,19,20,22)/p+1. The van der Waals surface area contributed by atoms with Crippen LogP contribution in [-0.2, 0) is 14.2 Å². The van der Waals surface area contributed by atoms with Gasteiger partial charge in [0.1, 0.15) is 25.4 Å². The number of amides is 1. The minimum Gasteiger partial charge on any atom is -0.497 e. The number of hydrogen-bond donors (Lipinski definition) is 2. The van der Waals surface area contributed by atoms with Crippen LogP contribution >= 0.6 is 0 Å². The van der Waals surface area contributed by atoms with E-state index in [-0.39, 0.29) is 11.9 Å². The topological polar surface area (TPSA) is 82.8 Å². The van der Waals surface area contributed by atoms with Crippen molar-refractivity contribution in [1.82, 2.24) is 5.32 Å². The van der Waals surface area contributed by atoms with Gasteiger partial charge < -0.3 is 23.8 Å². The minimum atomic E-state index is -0.293. The Hall–Kier alpha value is -2.16. The van der Waals surface area contributed by atoms with Crippen molar-refractivity contribution in [3.8, 4) is 5.75 Å². The molecule has 0 atom stereocenters. The highest BCUT2D eigenvalue weighted by atomic mass is 16.5. The van der Waals surface area contributed by atoms with Crippen LogP contribution in [0.5, 0.6) is 5.75 Å². The molecule has 0 aromatic heterocycles. The summed E-state index contributed by atoms with van der Waals surface area (Å²) in [5, 5.41) is 2.73. The van der Waals surface area contributed by atoms with Crippen molar-refractivity contribution in [2.75, 3.05) is 66.8 Å². The van der Waals surface area contributed by atoms with E-state index < -0.39 is 0 Å². The van der Waals surface area contributed by atoms with Gasteiger partial charge in [-0.15, -0.1) is 0 Å². The van der Waals surface area contributed by atoms with Crippen molar-refractivity contribution in [1.29, 1.82) is 0 Å². The van der Waals surface area contributed by atoms with Crippen molar-refractivity contribution >= 4 is 11.9 Å². The zero-order chi connectivity index (χ0) is 18.6. The fourth-order valence-corrected chi connectivity index (χ4v) is 2.50. The van der Waals surface area contributed by atoms with Crippen LogP contribution in [0.1, 0.15) is 10.4 Å². The highest BCUT2D eigenvalue weighted by Crippen LogP contribution is 2.12. The lowest BCUT2D eigenvalue weighted by Crippen LogP contribution is -3.14. The van der Waals surface area contributed by atoms with Crippen molar-refractivity contribution in [2.24, 2.45) is 4.99 Å². The molecule has 0 saturated carbocycles. The first-order valence-electron chi connectivity index (χ1n) is 8.76. The van der Waals surface area contributed by atoms with Crippen LogP contribution in [-0.4, -0.2) is 78.8 Å². The molecular formula is C18H28N3O5+. The summed E-state index contributed by atoms with van der Waals surface area (Å²) < 4.78 is 21.0. The molecule has 0 aliphatic carbocycles. The van der Waals surface area contributed by atoms with Gasteiger partial charge in [-0.05, 0) is 18.2 Å². The van der Waals surface area contributed by atoms with Gasteiger partial charge in [-0.2, -0.15) is 0 Å². The highest BCUT2D eigenvalue weighted by molar-refractivity contribution is 6.04. The fourth-order valence-electron chi connectivity index (χ4n) is 2.50. The molecule has 8 nitrogen and oxygen atoms in total. The fraction of sp³-hybridized carbons (Fsp3) is 0.556. The van der Waals surface area contributed by atoms with Crippen molar-refractivity contribution in [3.63, 3.8) is 0 Å². The van der Waals surface area contributed by atoms with E-state index in [0.29, 0.717) is 31.1 Å². The zero-order valence-electron chi connectivity index (χ0n) is 15.5. The Bertz CT molecular complexity index is 588. The summed E-state index contributed by atoms with van der Waals surface area (Å²) in [6.45, 7) is 5.69. The molecule has 0 spiro atoms. The summed E-state index contributed by atoms with van der Waals surface area (Å²) >= 11 is 0. The lowest BCUT2D eigenvalue weighted by molar-refractivity contribution is -0.906. The maximum atomic E-state index is 12.4. The Morgan fingerprint density at radius 1 is 1.27 bits per heavy atom. The number of carbonyl (C=O) groups is 1. The van der Waals surface area contributed by atoms with Crippen molar-refractivity contribution in [2.45, 2.75) is 0 Å². The second kappa shape index (κ2) is 11.5. The zero-order valence-corrected chi connectivity index (χ0v) is 15.5. The molecule has 1 fully saturated rings. The first-order valence-corrected chi connectivity index (χ1v) is 8.76. The molecule has 2 N–H and O–H groups in total. The van der Waals surface area contributed by atoms with E-state index in [1.54, 1.807) is 38.5 Å². The molecule has 1 heterocycles. The molecule has 1 aliphatic heterocycles. The number of morpholine rings is 1. The number of methoxy groups -OCH3 is 2. The Morgan fingerprint density at radius 3 is 2.81 bits per heavy atom. The van der Waals surface area contributed by atoms with E-state index in [2.05, 4.69) is 10.3 Å². The van der Waals surface area contributed by atoms with Crippen LogP contribution in [0.2, 0.25) is 0 Å². The van der Waals surface area contributed by atoms with E-state index in [9.17, 15) is 4.79 Å². The van der Waals surface area contributed by atoms with Gasteiger partial charge in [0.2, 0.25) is 0 Å². The number of rotatable bonds is 8. The first kappa shape index (κ1) is 20.2. The van der Waals surface area contributed by atoms with E-state index >= 15 is 0 Å². The van der Waals surface area contributed by atoms with E-state index in [1.165, 1.54) is 4.90 Å². The van der Waals surface area contributed by atoms with Gasteiger partial charge in [-0.3, -0.25) is 10.1 Å². The second-order valence-electron chi connectivity index (χ2n) is 5.83. The average molecular weight is 366 g/mol. The van der Waals surface area contributed by atoms with Gasteiger partial charge in [0, 0.05) is 12.7 Å². The number of nitrogens with one attached hydrogen (secondary N) is 2. The molecular weight excluding hydrogens is 338 g/mol. The number of quaternary nitrogens is 1. The van der Waals surface area contributed by atoms with Crippen LogP contribution in [0.15, 0.2) is 29.3 Å². The number of nitrogens with zero attached hydrogens (tertiary/aromatic N) is 1. The summed E-state index contributed by atoms with van der Waals surface area (Å²) in [6, 6.07) is 7.13. The van der Waals surface area contributed by atoms with Crippen LogP contribution in [0, 0.1) is 0 Å². The van der Waals surface area contributed by atoms with Gasteiger partial charge in [-0.25, -0.2) is 4.99 Å². The molecule has 1 aliphatic rings. The second-order valence-corrected chi connectivity index (χ2v) is 5.83. The number of ether oxygens (including phenoxy) is 4. The summed E-state index contributed by atoms with van der Waals surface area (Å²) in [4.78, 5) is 18.3. The van der Waals surface area contributed by atoms with Crippen LogP contribution in [0.4, 0.5) is 0 Å². The smallest absolute Gasteiger partial charge is 0.291 e. The third kappa shape index (κ3) is 6.99. The summed E-state index contributed by atoms with van der Waals surface area (Å²) in [7, 11) is 3.16. The third-order valence-corrected chi connectivity index (χ3v) is 4.00. The van der Waals surface area contributed by atoms with Gasteiger partial charge in [0.25, 0.3) is 11.9 Å². The lowest BCUT2D eigenvalue weighted by Gasteiger charge is -2.23. The molecule has 1 aromatic carbocycles. The SMILES string of the molecule is COCCOC(=NCC[NH+]1CCOCC1)NC(=O)c1cccc(OC)c1. The number of benzene rings is 1. The largest absolute Gasteiger partial charge is 0.497 e. The Kier molecular flexibility index (Phi) is 8.88. The molecule has 0 unspecified atom stereocenters. The molecule has 2 rings (SSSR count). The monoisotopic (exact) mass is 366 g/mol. The Morgan fingerprint density at radius 2 is 2.08 bits per heavy atom. The molecule has 144 valence electrons. The van der Waals surface area contributed by atoms with Crippen molar-refractivity contribution < 1.29 is 28.6 Å². The van der Waals surface area contributed by atoms with Gasteiger partial charge in [0.15, 0.2) is 0 Å². The predicted molar refractivity (Wildman–Crippen MR) is 97.0 cm³/mol. The maximum Gasteiger partial charge on any atom is 0.291 e. The van der Waals surface area contributed by atoms with Crippen molar-refractivity contribution in [3.05, 3.63) is 29.8 Å². The molecule has 0 radical (unpaired) electrons. The molecule has 8 heteroatoms. The summed E-state index contributed by atoms with van der Waals surface area (Å²) in [5.74, 6) is 0.325. The van der Waals surface area contributed by atoms with E-state index in [1.807, 2.05) is 0 Å². The highest BCUT2D eigenvalue weighted by Gasteiger charge is 2.14. The van der Waals surface area contributed by atoms with Gasteiger partial charge in [0.05, 0.1) is 40.0 Å². The number of aliphatic imine (C=N–C) groups is 1. The Balaban J connectivity index is 1.93. The molecule has 26 heavy (non-hydrogen) atoms. The Labute approximate surface area is 154 Å². The third-order valence-electron chi connectivity index (χ3n) is 4.00. The summed E-state index contributed by atoms with van der Waals surface area (Å²) in [6.07, 6.45) is 0. The predicted octanol–water partition coefficient (Wildman–Crippen LogP) is -0.641. The average Bonchev–Trinajstić information content (AvgIpc) is 2.68. The number of carbonyl (C=O) groups excluding carboxylic acids is 1. The maximum absolute atomic E-state index is 12.4. The lowest BCUT2D eigenvalue weighted by atomic mass is 10.2. The molecule has 1 aromatic rings. The van der Waals surface area contributed by atoms with E-state index in [4.69, 9.17) is 18.9 Å². The van der Waals surface area contributed by atoms with Crippen LogP contribution < -0.4 is 15.0 Å². The van der Waals surface area contributed by atoms with E-state index in [0.717, 1.165) is 32.8 Å². The van der Waals surface area contributed by atoms with Gasteiger partial charge in [-0.1, -0.05) is 6.07 Å². The number of amidine groups is 1. The first-order chi connectivity index (χ1) is 12.7. The van der Waals surface area contributed by atoms with Crippen LogP contribution in [0.25, 0.3) is 0 Å². The molecule has 1 saturated heterocycles. The minimum absolute atomic E-state index is 0.211. The van der Waals surface area contributed by atoms with Gasteiger partial charge >= 0.3 is 0 Å². The number of hydrogen-bond acceptors (Lipinski definition) is 6. The van der Waals surface area contributed by atoms with Crippen LogP contribution in [0.3, 0.4) is 0 Å². The summed E-state index contributed by atoms with van der Waals surface area (Å²) in [5.41, 5.74) is 0.478. The molecule has 0 bridgehead atoms. The quantitative estimate of drug-likeness (QED) is 0.363. The molecule has 1 amide bonds. The normalized spacial score (nSPS) is 15.5.